The van der Waals surface area contributed by atoms with Gasteiger partial charge in [0.1, 0.15) is 12.0 Å². The summed E-state index contributed by atoms with van der Waals surface area (Å²) < 4.78 is 5.87. The summed E-state index contributed by atoms with van der Waals surface area (Å²) in [5, 5.41) is 3.33. The standard InChI is InChI=1S/C25H31N3O2/c1-26-22-9-3-8-20-21-17-27(13-10-23(21)28(14-15-29)24(20)22)12-4-7-18-5-2-6-19-11-16-30-25(18)19/h2-3,5-6,8-9,15,21,23,26H,4,7,10-14,16-17H2,1H3. The van der Waals surface area contributed by atoms with Gasteiger partial charge in [-0.2, -0.15) is 0 Å². The highest BCUT2D eigenvalue weighted by atomic mass is 16.5. The number of likely N-dealkylation sites (tertiary alicyclic amines) is 1. The lowest BCUT2D eigenvalue weighted by molar-refractivity contribution is -0.106. The van der Waals surface area contributed by atoms with E-state index in [1.807, 2.05) is 7.05 Å². The highest BCUT2D eigenvalue weighted by Crippen LogP contribution is 2.47. The fraction of sp³-hybridized carbons (Fsp3) is 0.480. The van der Waals surface area contributed by atoms with Gasteiger partial charge in [0.15, 0.2) is 0 Å². The lowest BCUT2D eigenvalue weighted by atomic mass is 9.88. The smallest absolute Gasteiger partial charge is 0.139 e. The summed E-state index contributed by atoms with van der Waals surface area (Å²) in [7, 11) is 1.97. The molecule has 3 aliphatic heterocycles. The molecule has 0 aliphatic carbocycles. The Hall–Kier alpha value is -2.53. The van der Waals surface area contributed by atoms with E-state index in [1.54, 1.807) is 0 Å². The number of anilines is 2. The summed E-state index contributed by atoms with van der Waals surface area (Å²) >= 11 is 0. The van der Waals surface area contributed by atoms with E-state index in [0.717, 1.165) is 69.6 Å². The van der Waals surface area contributed by atoms with Crippen LogP contribution in [0.4, 0.5) is 11.4 Å². The Kier molecular flexibility index (Phi) is 5.38. The van der Waals surface area contributed by atoms with Gasteiger partial charge in [-0.05, 0) is 48.6 Å². The molecular weight excluding hydrogens is 374 g/mol. The van der Waals surface area contributed by atoms with Gasteiger partial charge in [0.05, 0.1) is 24.5 Å². The van der Waals surface area contributed by atoms with E-state index in [9.17, 15) is 4.79 Å². The van der Waals surface area contributed by atoms with Crippen molar-refractivity contribution >= 4 is 17.7 Å². The SMILES string of the molecule is CNc1cccc2c1N(CC=O)C1CCN(CCCc3cccc4c3OCC4)CC21. The third kappa shape index (κ3) is 3.35. The number of hydrogen-bond acceptors (Lipinski definition) is 5. The highest BCUT2D eigenvalue weighted by Gasteiger charge is 2.42. The first kappa shape index (κ1) is 19.4. The van der Waals surface area contributed by atoms with Crippen LogP contribution < -0.4 is 15.0 Å². The van der Waals surface area contributed by atoms with E-state index in [1.165, 1.54) is 22.4 Å². The Balaban J connectivity index is 1.26. The molecule has 3 aliphatic rings. The molecule has 1 N–H and O–H groups in total. The maximum Gasteiger partial charge on any atom is 0.139 e. The summed E-state index contributed by atoms with van der Waals surface area (Å²) in [6, 6.07) is 13.5. The topological polar surface area (TPSA) is 44.8 Å². The molecule has 2 aromatic carbocycles. The number of nitrogens with one attached hydrogen (secondary N) is 1. The number of fused-ring (bicyclic) bond motifs is 4. The van der Waals surface area contributed by atoms with Crippen LogP contribution in [0.25, 0.3) is 0 Å². The fourth-order valence-corrected chi connectivity index (χ4v) is 5.72. The third-order valence-corrected chi connectivity index (χ3v) is 7.07. The van der Waals surface area contributed by atoms with E-state index in [2.05, 4.69) is 51.5 Å². The molecule has 5 heteroatoms. The maximum absolute atomic E-state index is 11.4. The molecule has 0 amide bonds. The van der Waals surface area contributed by atoms with Gasteiger partial charge in [0.25, 0.3) is 0 Å². The zero-order valence-corrected chi connectivity index (χ0v) is 17.8. The molecule has 1 fully saturated rings. The second-order valence-corrected chi connectivity index (χ2v) is 8.68. The molecule has 2 unspecified atom stereocenters. The summed E-state index contributed by atoms with van der Waals surface area (Å²) in [5.74, 6) is 1.62. The van der Waals surface area contributed by atoms with Crippen LogP contribution in [0.1, 0.15) is 35.4 Å². The van der Waals surface area contributed by atoms with Crippen molar-refractivity contribution in [2.24, 2.45) is 0 Å². The number of benzene rings is 2. The van der Waals surface area contributed by atoms with Gasteiger partial charge in [0, 0.05) is 38.5 Å². The molecule has 5 rings (SSSR count). The summed E-state index contributed by atoms with van der Waals surface area (Å²) in [5.41, 5.74) is 6.50. The van der Waals surface area contributed by atoms with Crippen LogP contribution in [0.5, 0.6) is 5.75 Å². The first-order valence-corrected chi connectivity index (χ1v) is 11.3. The number of carbonyl (C=O) groups excluding carboxylic acids is 1. The van der Waals surface area contributed by atoms with Crippen molar-refractivity contribution < 1.29 is 9.53 Å². The molecule has 0 radical (unpaired) electrons. The summed E-state index contributed by atoms with van der Waals surface area (Å²) in [6.07, 6.45) is 5.43. The molecule has 0 aromatic heterocycles. The first-order chi connectivity index (χ1) is 14.8. The normalized spacial score (nSPS) is 22.2. The van der Waals surface area contributed by atoms with Crippen molar-refractivity contribution in [1.29, 1.82) is 0 Å². The molecule has 3 heterocycles. The number of ether oxygens (including phenoxy) is 1. The van der Waals surface area contributed by atoms with Crippen LogP contribution in [0.3, 0.4) is 0 Å². The van der Waals surface area contributed by atoms with Crippen molar-refractivity contribution in [3.05, 3.63) is 53.1 Å². The minimum absolute atomic E-state index is 0.432. The van der Waals surface area contributed by atoms with Crippen molar-refractivity contribution in [3.63, 3.8) is 0 Å². The van der Waals surface area contributed by atoms with Crippen LogP contribution in [0.2, 0.25) is 0 Å². The molecule has 1 saturated heterocycles. The van der Waals surface area contributed by atoms with Crippen LogP contribution in [0, 0.1) is 0 Å². The number of nitrogens with zero attached hydrogens (tertiary/aromatic N) is 2. The summed E-state index contributed by atoms with van der Waals surface area (Å²) in [6.45, 7) is 4.59. The molecule has 30 heavy (non-hydrogen) atoms. The molecule has 2 atom stereocenters. The quantitative estimate of drug-likeness (QED) is 0.715. The molecule has 0 saturated carbocycles. The lowest BCUT2D eigenvalue weighted by Gasteiger charge is -2.38. The molecule has 5 nitrogen and oxygen atoms in total. The largest absolute Gasteiger partial charge is 0.493 e. The highest BCUT2D eigenvalue weighted by molar-refractivity contribution is 5.80. The number of aldehydes is 1. The third-order valence-electron chi connectivity index (χ3n) is 7.07. The Labute approximate surface area is 179 Å². The zero-order chi connectivity index (χ0) is 20.5. The first-order valence-electron chi connectivity index (χ1n) is 11.3. The van der Waals surface area contributed by atoms with E-state index in [-0.39, 0.29) is 0 Å². The predicted molar refractivity (Wildman–Crippen MR) is 121 cm³/mol. The van der Waals surface area contributed by atoms with Gasteiger partial charge in [-0.1, -0.05) is 30.3 Å². The monoisotopic (exact) mass is 405 g/mol. The van der Waals surface area contributed by atoms with Crippen LogP contribution in [-0.2, 0) is 17.6 Å². The molecule has 158 valence electrons. The van der Waals surface area contributed by atoms with Gasteiger partial charge < -0.3 is 24.6 Å². The van der Waals surface area contributed by atoms with Gasteiger partial charge in [-0.3, -0.25) is 0 Å². The van der Waals surface area contributed by atoms with E-state index in [4.69, 9.17) is 4.74 Å². The van der Waals surface area contributed by atoms with Crippen LogP contribution >= 0.6 is 0 Å². The minimum atomic E-state index is 0.432. The Morgan fingerprint density at radius 3 is 3.00 bits per heavy atom. The van der Waals surface area contributed by atoms with Crippen molar-refractivity contribution in [1.82, 2.24) is 4.90 Å². The van der Waals surface area contributed by atoms with Crippen molar-refractivity contribution in [2.45, 2.75) is 37.6 Å². The number of hydrogen-bond donors (Lipinski definition) is 1. The average Bonchev–Trinajstić information content (AvgIpc) is 3.38. The number of carbonyl (C=O) groups is 1. The van der Waals surface area contributed by atoms with Gasteiger partial charge in [-0.15, -0.1) is 0 Å². The Morgan fingerprint density at radius 1 is 1.23 bits per heavy atom. The Bertz CT molecular complexity index is 929. The minimum Gasteiger partial charge on any atom is -0.493 e. The molecule has 0 bridgehead atoms. The molecular formula is C25H31N3O2. The average molecular weight is 406 g/mol. The van der Waals surface area contributed by atoms with E-state index >= 15 is 0 Å². The van der Waals surface area contributed by atoms with E-state index < -0.39 is 0 Å². The summed E-state index contributed by atoms with van der Waals surface area (Å²) in [4.78, 5) is 16.3. The Morgan fingerprint density at radius 2 is 2.13 bits per heavy atom. The fourth-order valence-electron chi connectivity index (χ4n) is 5.72. The second kappa shape index (κ2) is 8.31. The number of aryl methyl sites for hydroxylation is 1. The van der Waals surface area contributed by atoms with E-state index in [0.29, 0.717) is 18.5 Å². The molecule has 0 spiro atoms. The van der Waals surface area contributed by atoms with Crippen molar-refractivity contribution in [3.8, 4) is 5.75 Å². The lowest BCUT2D eigenvalue weighted by Crippen LogP contribution is -2.47. The van der Waals surface area contributed by atoms with Gasteiger partial charge in [-0.25, -0.2) is 0 Å². The maximum atomic E-state index is 11.4. The van der Waals surface area contributed by atoms with Gasteiger partial charge >= 0.3 is 0 Å². The number of piperidine rings is 1. The zero-order valence-electron chi connectivity index (χ0n) is 17.8. The second-order valence-electron chi connectivity index (χ2n) is 8.68. The van der Waals surface area contributed by atoms with Crippen LogP contribution in [0.15, 0.2) is 36.4 Å². The number of para-hydroxylation sites is 2. The van der Waals surface area contributed by atoms with Gasteiger partial charge in [0.2, 0.25) is 0 Å². The van der Waals surface area contributed by atoms with Crippen molar-refractivity contribution in [2.75, 3.05) is 50.1 Å². The van der Waals surface area contributed by atoms with Crippen LogP contribution in [-0.4, -0.2) is 57.1 Å². The molecule has 2 aromatic rings. The number of rotatable bonds is 7. The predicted octanol–water partition coefficient (Wildman–Crippen LogP) is 3.47.